The lowest BCUT2D eigenvalue weighted by Gasteiger charge is -1.92. The lowest BCUT2D eigenvalue weighted by molar-refractivity contribution is 0.820. The topological polar surface area (TPSA) is 48.8 Å². The van der Waals surface area contributed by atoms with E-state index >= 15 is 0 Å². The Morgan fingerprint density at radius 1 is 1.78 bits per heavy atom. The SMILES string of the molecule is C=C(C)CCCN=[N+]=[N-]. The van der Waals surface area contributed by atoms with Crippen LogP contribution < -0.4 is 0 Å². The average Bonchev–Trinajstić information content (AvgIpc) is 1.80. The zero-order chi connectivity index (χ0) is 7.11. The summed E-state index contributed by atoms with van der Waals surface area (Å²) in [4.78, 5) is 2.63. The summed E-state index contributed by atoms with van der Waals surface area (Å²) in [6, 6.07) is 0. The van der Waals surface area contributed by atoms with Crippen LogP contribution in [0.5, 0.6) is 0 Å². The molecule has 0 aliphatic rings. The highest BCUT2D eigenvalue weighted by Gasteiger charge is 1.84. The molecule has 0 N–H and O–H groups in total. The Labute approximate surface area is 55.0 Å². The predicted octanol–water partition coefficient (Wildman–Crippen LogP) is 2.65. The summed E-state index contributed by atoms with van der Waals surface area (Å²) in [6.45, 7) is 6.27. The Morgan fingerprint density at radius 3 is 2.89 bits per heavy atom. The fraction of sp³-hybridized carbons (Fsp3) is 0.667. The van der Waals surface area contributed by atoms with Crippen molar-refractivity contribution in [2.75, 3.05) is 6.54 Å². The number of hydrogen-bond acceptors (Lipinski definition) is 1. The van der Waals surface area contributed by atoms with Crippen molar-refractivity contribution < 1.29 is 0 Å². The summed E-state index contributed by atoms with van der Waals surface area (Å²) < 4.78 is 0. The van der Waals surface area contributed by atoms with E-state index in [9.17, 15) is 0 Å². The van der Waals surface area contributed by atoms with Gasteiger partial charge in [-0.2, -0.15) is 0 Å². The maximum absolute atomic E-state index is 7.87. The monoisotopic (exact) mass is 125 g/mol. The second kappa shape index (κ2) is 5.19. The summed E-state index contributed by atoms with van der Waals surface area (Å²) in [5, 5.41) is 3.38. The smallest absolute Gasteiger partial charge is 0.0260 e. The van der Waals surface area contributed by atoms with Crippen LogP contribution in [0.15, 0.2) is 17.3 Å². The molecule has 0 aromatic carbocycles. The first-order valence-electron chi connectivity index (χ1n) is 2.92. The first-order chi connectivity index (χ1) is 4.27. The van der Waals surface area contributed by atoms with Gasteiger partial charge < -0.3 is 0 Å². The van der Waals surface area contributed by atoms with E-state index in [-0.39, 0.29) is 0 Å². The van der Waals surface area contributed by atoms with Crippen LogP contribution in [0.3, 0.4) is 0 Å². The largest absolute Gasteiger partial charge is 0.100 e. The van der Waals surface area contributed by atoms with Gasteiger partial charge in [0.1, 0.15) is 0 Å². The van der Waals surface area contributed by atoms with Crippen LogP contribution in [0.25, 0.3) is 10.4 Å². The Balaban J connectivity index is 3.10. The molecule has 50 valence electrons. The highest BCUT2D eigenvalue weighted by atomic mass is 15.1. The minimum Gasteiger partial charge on any atom is -0.100 e. The average molecular weight is 125 g/mol. The second-order valence-electron chi connectivity index (χ2n) is 2.02. The fourth-order valence-corrected chi connectivity index (χ4v) is 0.496. The molecule has 3 nitrogen and oxygen atoms in total. The number of azide groups is 1. The first-order valence-corrected chi connectivity index (χ1v) is 2.92. The molecular weight excluding hydrogens is 114 g/mol. The molecule has 0 bridgehead atoms. The molecule has 9 heavy (non-hydrogen) atoms. The van der Waals surface area contributed by atoms with Gasteiger partial charge in [0, 0.05) is 11.5 Å². The molecule has 0 atom stereocenters. The fourth-order valence-electron chi connectivity index (χ4n) is 0.496. The maximum Gasteiger partial charge on any atom is 0.0260 e. The van der Waals surface area contributed by atoms with E-state index in [2.05, 4.69) is 16.6 Å². The molecule has 0 rings (SSSR count). The van der Waals surface area contributed by atoms with Crippen LogP contribution in [0.1, 0.15) is 19.8 Å². The molecule has 0 saturated carbocycles. The van der Waals surface area contributed by atoms with Gasteiger partial charge in [-0.05, 0) is 25.3 Å². The first kappa shape index (κ1) is 8.05. The highest BCUT2D eigenvalue weighted by Crippen LogP contribution is 1.99. The number of nitrogens with zero attached hydrogens (tertiary/aromatic N) is 3. The van der Waals surface area contributed by atoms with Crippen LogP contribution in [-0.2, 0) is 0 Å². The second-order valence-corrected chi connectivity index (χ2v) is 2.02. The van der Waals surface area contributed by atoms with Crippen LogP contribution >= 0.6 is 0 Å². The summed E-state index contributed by atoms with van der Waals surface area (Å²) in [5.41, 5.74) is 9.01. The molecule has 0 aliphatic heterocycles. The van der Waals surface area contributed by atoms with Crippen molar-refractivity contribution in [2.24, 2.45) is 5.11 Å². The van der Waals surface area contributed by atoms with Crippen LogP contribution in [0, 0.1) is 0 Å². The Kier molecular flexibility index (Phi) is 4.64. The standard InChI is InChI=1S/C6H11N3/c1-6(2)4-3-5-8-9-7/h1,3-5H2,2H3. The minimum absolute atomic E-state index is 0.587. The van der Waals surface area contributed by atoms with Crippen molar-refractivity contribution >= 4 is 0 Å². The lowest BCUT2D eigenvalue weighted by Crippen LogP contribution is -1.79. The summed E-state index contributed by atoms with van der Waals surface area (Å²) >= 11 is 0. The predicted molar refractivity (Wildman–Crippen MR) is 38.1 cm³/mol. The van der Waals surface area contributed by atoms with E-state index in [0.717, 1.165) is 18.4 Å². The van der Waals surface area contributed by atoms with Crippen LogP contribution in [-0.4, -0.2) is 6.54 Å². The summed E-state index contributed by atoms with van der Waals surface area (Å²) in [7, 11) is 0. The molecule has 0 aromatic rings. The van der Waals surface area contributed by atoms with Crippen molar-refractivity contribution in [1.29, 1.82) is 0 Å². The van der Waals surface area contributed by atoms with Gasteiger partial charge >= 0.3 is 0 Å². The van der Waals surface area contributed by atoms with Gasteiger partial charge in [0.05, 0.1) is 0 Å². The van der Waals surface area contributed by atoms with Gasteiger partial charge in [0.15, 0.2) is 0 Å². The van der Waals surface area contributed by atoms with E-state index in [1.165, 1.54) is 0 Å². The van der Waals surface area contributed by atoms with Gasteiger partial charge in [-0.1, -0.05) is 10.7 Å². The summed E-state index contributed by atoms with van der Waals surface area (Å²) in [6.07, 6.45) is 1.87. The van der Waals surface area contributed by atoms with Gasteiger partial charge in [0.2, 0.25) is 0 Å². The quantitative estimate of drug-likeness (QED) is 0.182. The van der Waals surface area contributed by atoms with E-state index in [1.54, 1.807) is 0 Å². The molecule has 0 amide bonds. The van der Waals surface area contributed by atoms with Gasteiger partial charge in [0.25, 0.3) is 0 Å². The third-order valence-electron chi connectivity index (χ3n) is 0.925. The van der Waals surface area contributed by atoms with Crippen molar-refractivity contribution in [2.45, 2.75) is 19.8 Å². The third-order valence-corrected chi connectivity index (χ3v) is 0.925. The molecule has 0 unspecified atom stereocenters. The Morgan fingerprint density at radius 2 is 2.44 bits per heavy atom. The van der Waals surface area contributed by atoms with Crippen molar-refractivity contribution in [1.82, 2.24) is 0 Å². The highest BCUT2D eigenvalue weighted by molar-refractivity contribution is 4.87. The lowest BCUT2D eigenvalue weighted by atomic mass is 10.2. The van der Waals surface area contributed by atoms with E-state index in [0.29, 0.717) is 6.54 Å². The molecule has 0 saturated heterocycles. The van der Waals surface area contributed by atoms with Gasteiger partial charge in [-0.25, -0.2) is 0 Å². The van der Waals surface area contributed by atoms with Gasteiger partial charge in [-0.3, -0.25) is 0 Å². The Hall–Kier alpha value is -0.950. The van der Waals surface area contributed by atoms with Crippen molar-refractivity contribution in [3.63, 3.8) is 0 Å². The van der Waals surface area contributed by atoms with Gasteiger partial charge in [-0.15, -0.1) is 6.58 Å². The molecule has 0 aliphatic carbocycles. The zero-order valence-corrected chi connectivity index (χ0v) is 5.67. The molecular formula is C6H11N3. The minimum atomic E-state index is 0.587. The third kappa shape index (κ3) is 7.05. The molecule has 0 radical (unpaired) electrons. The zero-order valence-electron chi connectivity index (χ0n) is 5.67. The summed E-state index contributed by atoms with van der Waals surface area (Å²) in [5.74, 6) is 0. The molecule has 0 aromatic heterocycles. The van der Waals surface area contributed by atoms with E-state index in [1.807, 2.05) is 6.92 Å². The molecule has 3 heteroatoms. The maximum atomic E-state index is 7.87. The molecule has 0 fully saturated rings. The number of hydrogen-bond donors (Lipinski definition) is 0. The van der Waals surface area contributed by atoms with Crippen molar-refractivity contribution in [3.05, 3.63) is 22.6 Å². The van der Waals surface area contributed by atoms with Crippen LogP contribution in [0.4, 0.5) is 0 Å². The normalized spacial score (nSPS) is 8.11. The number of rotatable bonds is 4. The van der Waals surface area contributed by atoms with E-state index < -0.39 is 0 Å². The van der Waals surface area contributed by atoms with Crippen molar-refractivity contribution in [3.8, 4) is 0 Å². The van der Waals surface area contributed by atoms with Crippen LogP contribution in [0.2, 0.25) is 0 Å². The number of allylic oxidation sites excluding steroid dienone is 1. The van der Waals surface area contributed by atoms with E-state index in [4.69, 9.17) is 5.53 Å². The Bertz CT molecular complexity index is 131. The molecule has 0 heterocycles. The molecule has 0 spiro atoms.